The number of ether oxygens (including phenoxy) is 2. The van der Waals surface area contributed by atoms with Crippen molar-refractivity contribution in [1.29, 1.82) is 0 Å². The van der Waals surface area contributed by atoms with Gasteiger partial charge in [-0.2, -0.15) is 0 Å². The summed E-state index contributed by atoms with van der Waals surface area (Å²) in [5.74, 6) is 0.279. The summed E-state index contributed by atoms with van der Waals surface area (Å²) in [5, 5.41) is 6.09. The number of benzene rings is 1. The van der Waals surface area contributed by atoms with Gasteiger partial charge >= 0.3 is 5.97 Å². The van der Waals surface area contributed by atoms with E-state index in [-0.39, 0.29) is 30.8 Å². The van der Waals surface area contributed by atoms with Crippen molar-refractivity contribution in [3.05, 3.63) is 29.8 Å². The zero-order chi connectivity index (χ0) is 15.1. The molecule has 0 bridgehead atoms. The van der Waals surface area contributed by atoms with Crippen LogP contribution in [0.5, 0.6) is 5.75 Å². The van der Waals surface area contributed by atoms with E-state index in [0.717, 1.165) is 25.1 Å². The molecule has 1 aromatic carbocycles. The lowest BCUT2D eigenvalue weighted by Crippen LogP contribution is -2.31. The van der Waals surface area contributed by atoms with Crippen molar-refractivity contribution in [2.24, 2.45) is 5.92 Å². The second kappa shape index (κ2) is 9.27. The average Bonchev–Trinajstić information content (AvgIpc) is 3.05. The summed E-state index contributed by atoms with van der Waals surface area (Å²) < 4.78 is 9.82. The van der Waals surface area contributed by atoms with Crippen molar-refractivity contribution in [2.75, 3.05) is 26.8 Å². The van der Waals surface area contributed by atoms with Gasteiger partial charge in [0.1, 0.15) is 5.75 Å². The molecule has 0 aliphatic carbocycles. The number of halogens is 1. The molecule has 0 aromatic heterocycles. The largest absolute Gasteiger partial charge is 0.482 e. The number of esters is 1. The molecule has 1 heterocycles. The molecule has 1 aromatic rings. The fraction of sp³-hybridized carbons (Fsp3) is 0.467. The Morgan fingerprint density at radius 2 is 2.23 bits per heavy atom. The van der Waals surface area contributed by atoms with Gasteiger partial charge in [0.25, 0.3) is 0 Å². The SMILES string of the molecule is COC(=O)COc1cccc(CNC(=O)C2CCNC2)c1.Cl. The third kappa shape index (κ3) is 5.54. The van der Waals surface area contributed by atoms with Gasteiger partial charge < -0.3 is 20.1 Å². The van der Waals surface area contributed by atoms with Crippen LogP contribution in [-0.2, 0) is 20.9 Å². The van der Waals surface area contributed by atoms with E-state index in [0.29, 0.717) is 12.3 Å². The summed E-state index contributed by atoms with van der Waals surface area (Å²) in [6.45, 7) is 1.97. The molecule has 22 heavy (non-hydrogen) atoms. The van der Waals surface area contributed by atoms with Crippen LogP contribution in [0, 0.1) is 5.92 Å². The summed E-state index contributed by atoms with van der Waals surface area (Å²) in [7, 11) is 1.32. The maximum absolute atomic E-state index is 11.9. The van der Waals surface area contributed by atoms with Crippen LogP contribution in [0.25, 0.3) is 0 Å². The molecule has 1 saturated heterocycles. The third-order valence-electron chi connectivity index (χ3n) is 3.38. The molecule has 1 atom stereocenters. The van der Waals surface area contributed by atoms with Crippen molar-refractivity contribution < 1.29 is 19.1 Å². The third-order valence-corrected chi connectivity index (χ3v) is 3.38. The smallest absolute Gasteiger partial charge is 0.343 e. The Hall–Kier alpha value is -1.79. The van der Waals surface area contributed by atoms with Gasteiger partial charge in [-0.25, -0.2) is 4.79 Å². The molecule has 0 saturated carbocycles. The van der Waals surface area contributed by atoms with Gasteiger partial charge in [0.15, 0.2) is 6.61 Å². The number of carbonyl (C=O) groups excluding carboxylic acids is 2. The van der Waals surface area contributed by atoms with E-state index in [1.807, 2.05) is 12.1 Å². The summed E-state index contributed by atoms with van der Waals surface area (Å²) >= 11 is 0. The first-order valence-corrected chi connectivity index (χ1v) is 6.96. The molecule has 1 aliphatic heterocycles. The first kappa shape index (κ1) is 18.3. The quantitative estimate of drug-likeness (QED) is 0.758. The lowest BCUT2D eigenvalue weighted by molar-refractivity contribution is -0.142. The molecule has 2 rings (SSSR count). The lowest BCUT2D eigenvalue weighted by Gasteiger charge is -2.11. The standard InChI is InChI=1S/C15H20N2O4.ClH/c1-20-14(18)10-21-13-4-2-3-11(7-13)8-17-15(19)12-5-6-16-9-12;/h2-4,7,12,16H,5-6,8-10H2,1H3,(H,17,19);1H. The molecule has 122 valence electrons. The highest BCUT2D eigenvalue weighted by molar-refractivity contribution is 5.85. The second-order valence-electron chi connectivity index (χ2n) is 4.92. The molecular formula is C15H21ClN2O4. The van der Waals surface area contributed by atoms with Crippen LogP contribution in [-0.4, -0.2) is 38.7 Å². The van der Waals surface area contributed by atoms with Crippen LogP contribution in [0.4, 0.5) is 0 Å². The zero-order valence-corrected chi connectivity index (χ0v) is 13.3. The highest BCUT2D eigenvalue weighted by Crippen LogP contribution is 2.14. The van der Waals surface area contributed by atoms with Gasteiger partial charge in [-0.1, -0.05) is 12.1 Å². The summed E-state index contributed by atoms with van der Waals surface area (Å²) in [5.41, 5.74) is 0.927. The first-order chi connectivity index (χ1) is 10.2. The van der Waals surface area contributed by atoms with Crippen LogP contribution in [0.2, 0.25) is 0 Å². The molecule has 0 radical (unpaired) electrons. The Bertz CT molecular complexity index is 504. The number of hydrogen-bond acceptors (Lipinski definition) is 5. The van der Waals surface area contributed by atoms with Crippen molar-refractivity contribution in [2.45, 2.75) is 13.0 Å². The van der Waals surface area contributed by atoms with Crippen LogP contribution in [0.1, 0.15) is 12.0 Å². The maximum Gasteiger partial charge on any atom is 0.343 e. The summed E-state index contributed by atoms with van der Waals surface area (Å²) in [6.07, 6.45) is 0.883. The summed E-state index contributed by atoms with van der Waals surface area (Å²) in [6, 6.07) is 7.29. The Kier molecular flexibility index (Phi) is 7.70. The first-order valence-electron chi connectivity index (χ1n) is 6.96. The van der Waals surface area contributed by atoms with Crippen LogP contribution in [0.15, 0.2) is 24.3 Å². The van der Waals surface area contributed by atoms with Crippen molar-refractivity contribution in [3.63, 3.8) is 0 Å². The highest BCUT2D eigenvalue weighted by Gasteiger charge is 2.21. The minimum Gasteiger partial charge on any atom is -0.482 e. The molecule has 2 N–H and O–H groups in total. The predicted molar refractivity (Wildman–Crippen MR) is 84.0 cm³/mol. The van der Waals surface area contributed by atoms with Gasteiger partial charge in [-0.05, 0) is 30.7 Å². The average molecular weight is 329 g/mol. The van der Waals surface area contributed by atoms with E-state index in [1.54, 1.807) is 12.1 Å². The number of rotatable bonds is 6. The molecular weight excluding hydrogens is 308 g/mol. The molecule has 6 nitrogen and oxygen atoms in total. The predicted octanol–water partition coefficient (Wildman–Crippen LogP) is 0.886. The van der Waals surface area contributed by atoms with E-state index in [4.69, 9.17) is 4.74 Å². The Balaban J connectivity index is 0.00000242. The topological polar surface area (TPSA) is 76.7 Å². The highest BCUT2D eigenvalue weighted by atomic mass is 35.5. The number of carbonyl (C=O) groups is 2. The van der Waals surface area contributed by atoms with Crippen molar-refractivity contribution in [1.82, 2.24) is 10.6 Å². The van der Waals surface area contributed by atoms with Crippen LogP contribution in [0.3, 0.4) is 0 Å². The van der Waals surface area contributed by atoms with Crippen molar-refractivity contribution >= 4 is 24.3 Å². The van der Waals surface area contributed by atoms with Gasteiger partial charge in [-0.15, -0.1) is 12.4 Å². The van der Waals surface area contributed by atoms with E-state index >= 15 is 0 Å². The molecule has 1 fully saturated rings. The minimum atomic E-state index is -0.428. The number of methoxy groups -OCH3 is 1. The van der Waals surface area contributed by atoms with E-state index in [9.17, 15) is 9.59 Å². The number of nitrogens with one attached hydrogen (secondary N) is 2. The van der Waals surface area contributed by atoms with Gasteiger partial charge in [-0.3, -0.25) is 4.79 Å². The molecule has 7 heteroatoms. The second-order valence-corrected chi connectivity index (χ2v) is 4.92. The monoisotopic (exact) mass is 328 g/mol. The molecule has 1 unspecified atom stereocenters. The number of hydrogen-bond donors (Lipinski definition) is 2. The van der Waals surface area contributed by atoms with E-state index in [1.165, 1.54) is 7.11 Å². The van der Waals surface area contributed by atoms with Crippen LogP contribution < -0.4 is 15.4 Å². The fourth-order valence-electron chi connectivity index (χ4n) is 2.16. The maximum atomic E-state index is 11.9. The lowest BCUT2D eigenvalue weighted by atomic mass is 10.1. The Labute approximate surface area is 136 Å². The normalized spacial score (nSPS) is 16.5. The summed E-state index contributed by atoms with van der Waals surface area (Å²) in [4.78, 5) is 22.9. The minimum absolute atomic E-state index is 0. The molecule has 1 aliphatic rings. The van der Waals surface area contributed by atoms with Gasteiger partial charge in [0.2, 0.25) is 5.91 Å². The van der Waals surface area contributed by atoms with E-state index in [2.05, 4.69) is 15.4 Å². The number of amides is 1. The molecule has 1 amide bonds. The van der Waals surface area contributed by atoms with E-state index < -0.39 is 5.97 Å². The van der Waals surface area contributed by atoms with Gasteiger partial charge in [0, 0.05) is 13.1 Å². The van der Waals surface area contributed by atoms with Crippen molar-refractivity contribution in [3.8, 4) is 5.75 Å². The van der Waals surface area contributed by atoms with Crippen LogP contribution >= 0.6 is 12.4 Å². The van der Waals surface area contributed by atoms with Gasteiger partial charge in [0.05, 0.1) is 13.0 Å². The fourth-order valence-corrected chi connectivity index (χ4v) is 2.16. The Morgan fingerprint density at radius 3 is 2.91 bits per heavy atom. The Morgan fingerprint density at radius 1 is 1.41 bits per heavy atom. The zero-order valence-electron chi connectivity index (χ0n) is 12.5. The molecule has 0 spiro atoms.